The molecule has 5 rings (SSSR count). The molecule has 0 aliphatic carbocycles. The van der Waals surface area contributed by atoms with Gasteiger partial charge in [-0.3, -0.25) is 0 Å². The summed E-state index contributed by atoms with van der Waals surface area (Å²) in [5, 5.41) is 0. The highest BCUT2D eigenvalue weighted by atomic mass is 16.7. The Balaban J connectivity index is 1.42. The molecule has 0 amide bonds. The van der Waals surface area contributed by atoms with Crippen LogP contribution in [-0.2, 0) is 54.8 Å². The summed E-state index contributed by atoms with van der Waals surface area (Å²) >= 11 is 0. The first-order chi connectivity index (χ1) is 21.2. The van der Waals surface area contributed by atoms with Crippen LogP contribution in [0.15, 0.2) is 121 Å². The average molecular weight is 583 g/mol. The van der Waals surface area contributed by atoms with Crippen LogP contribution in [0.1, 0.15) is 36.1 Å². The van der Waals surface area contributed by atoms with E-state index in [9.17, 15) is 0 Å². The van der Waals surface area contributed by atoms with E-state index in [0.717, 1.165) is 22.3 Å². The van der Waals surface area contributed by atoms with Crippen molar-refractivity contribution in [1.29, 1.82) is 0 Å². The van der Waals surface area contributed by atoms with Gasteiger partial charge in [0.2, 0.25) is 0 Å². The third-order valence-electron chi connectivity index (χ3n) is 7.25. The topological polar surface area (TPSA) is 55.4 Å². The van der Waals surface area contributed by atoms with Crippen molar-refractivity contribution in [1.82, 2.24) is 0 Å². The molecule has 0 radical (unpaired) electrons. The van der Waals surface area contributed by atoms with Gasteiger partial charge in [-0.1, -0.05) is 121 Å². The summed E-state index contributed by atoms with van der Waals surface area (Å²) < 4.78 is 39.2. The van der Waals surface area contributed by atoms with E-state index in [4.69, 9.17) is 28.4 Å². The third-order valence-corrected chi connectivity index (χ3v) is 7.25. The second-order valence-electron chi connectivity index (χ2n) is 11.0. The Bertz CT molecular complexity index is 1300. The average Bonchev–Trinajstić information content (AvgIpc) is 3.04. The summed E-state index contributed by atoms with van der Waals surface area (Å²) in [4.78, 5) is 0. The fourth-order valence-corrected chi connectivity index (χ4v) is 5.12. The first kappa shape index (κ1) is 31.1. The van der Waals surface area contributed by atoms with Crippen LogP contribution in [0.5, 0.6) is 0 Å². The summed E-state index contributed by atoms with van der Waals surface area (Å²) in [5.41, 5.74) is 4.28. The quantitative estimate of drug-likeness (QED) is 0.149. The van der Waals surface area contributed by atoms with Crippen molar-refractivity contribution >= 4 is 0 Å². The molecular weight excluding hydrogens is 540 g/mol. The predicted molar refractivity (Wildman–Crippen MR) is 166 cm³/mol. The first-order valence-corrected chi connectivity index (χ1v) is 15.0. The van der Waals surface area contributed by atoms with Crippen LogP contribution in [0, 0.1) is 0 Å². The molecule has 0 saturated carbocycles. The van der Waals surface area contributed by atoms with Crippen LogP contribution in [0.3, 0.4) is 0 Å². The molecule has 0 bridgehead atoms. The van der Waals surface area contributed by atoms with E-state index in [2.05, 4.69) is 36.4 Å². The summed E-state index contributed by atoms with van der Waals surface area (Å²) in [6, 6.07) is 40.5. The van der Waals surface area contributed by atoms with Crippen LogP contribution >= 0.6 is 0 Å². The van der Waals surface area contributed by atoms with Crippen LogP contribution in [0.2, 0.25) is 0 Å². The Morgan fingerprint density at radius 3 is 1.35 bits per heavy atom. The van der Waals surface area contributed by atoms with Gasteiger partial charge in [-0.25, -0.2) is 0 Å². The largest absolute Gasteiger partial charge is 0.374 e. The molecule has 226 valence electrons. The molecule has 43 heavy (non-hydrogen) atoms. The molecule has 5 atom stereocenters. The van der Waals surface area contributed by atoms with Gasteiger partial charge >= 0.3 is 0 Å². The lowest BCUT2D eigenvalue weighted by Crippen LogP contribution is -2.62. The van der Waals surface area contributed by atoms with Crippen LogP contribution < -0.4 is 0 Å². The van der Waals surface area contributed by atoms with Crippen molar-refractivity contribution in [3.05, 3.63) is 144 Å². The lowest BCUT2D eigenvalue weighted by Gasteiger charge is -2.46. The van der Waals surface area contributed by atoms with Gasteiger partial charge in [0.15, 0.2) is 6.29 Å². The maximum Gasteiger partial charge on any atom is 0.187 e. The standard InChI is InChI=1S/C37H42O6/c1-28(2)42-37-36(41-26-32-21-13-6-14-22-32)35(40-25-31-19-11-5-12-20-31)34(39-24-30-17-9-4-10-18-30)33(43-37)27-38-23-29-15-7-3-8-16-29/h3-22,28,33-37H,23-27H2,1-2H3/t33?,34-,35?,36?,37-/m1/s1. The fraction of sp³-hybridized carbons (Fsp3) is 0.351. The lowest BCUT2D eigenvalue weighted by molar-refractivity contribution is -0.334. The van der Waals surface area contributed by atoms with E-state index in [1.807, 2.05) is 98.8 Å². The molecule has 1 aliphatic rings. The molecule has 1 fully saturated rings. The number of hydrogen-bond donors (Lipinski definition) is 0. The van der Waals surface area contributed by atoms with Gasteiger partial charge in [0.05, 0.1) is 39.1 Å². The van der Waals surface area contributed by atoms with Crippen molar-refractivity contribution in [2.24, 2.45) is 0 Å². The third kappa shape index (κ3) is 9.57. The van der Waals surface area contributed by atoms with E-state index in [0.29, 0.717) is 33.0 Å². The minimum absolute atomic E-state index is 0.0877. The maximum absolute atomic E-state index is 6.71. The Morgan fingerprint density at radius 1 is 0.512 bits per heavy atom. The zero-order valence-electron chi connectivity index (χ0n) is 25.0. The molecule has 3 unspecified atom stereocenters. The Kier molecular flexibility index (Phi) is 11.9. The summed E-state index contributed by atoms with van der Waals surface area (Å²) in [6.45, 7) is 5.95. The van der Waals surface area contributed by atoms with E-state index >= 15 is 0 Å². The molecule has 6 nitrogen and oxygen atoms in total. The van der Waals surface area contributed by atoms with Crippen LogP contribution in [0.25, 0.3) is 0 Å². The van der Waals surface area contributed by atoms with E-state index in [-0.39, 0.29) is 6.10 Å². The maximum atomic E-state index is 6.71. The second kappa shape index (κ2) is 16.5. The van der Waals surface area contributed by atoms with Crippen molar-refractivity contribution < 1.29 is 28.4 Å². The van der Waals surface area contributed by atoms with Gasteiger partial charge in [-0.2, -0.15) is 0 Å². The molecular formula is C37H42O6. The van der Waals surface area contributed by atoms with E-state index in [1.54, 1.807) is 0 Å². The van der Waals surface area contributed by atoms with Crippen molar-refractivity contribution in [3.8, 4) is 0 Å². The van der Waals surface area contributed by atoms with Gasteiger partial charge in [0.1, 0.15) is 24.4 Å². The van der Waals surface area contributed by atoms with E-state index < -0.39 is 30.7 Å². The highest BCUT2D eigenvalue weighted by Crippen LogP contribution is 2.32. The van der Waals surface area contributed by atoms with Gasteiger partial charge in [-0.15, -0.1) is 0 Å². The molecule has 0 spiro atoms. The number of hydrogen-bond acceptors (Lipinski definition) is 6. The predicted octanol–water partition coefficient (Wildman–Crippen LogP) is 7.11. The smallest absolute Gasteiger partial charge is 0.187 e. The molecule has 1 aliphatic heterocycles. The SMILES string of the molecule is CC(C)O[C@@H]1OC(COCc2ccccc2)[C@@H](OCc2ccccc2)C(OCc2ccccc2)C1OCc1ccccc1. The zero-order valence-corrected chi connectivity index (χ0v) is 25.0. The normalized spacial score (nSPS) is 22.1. The Labute approximate surface area is 255 Å². The minimum atomic E-state index is -0.675. The van der Waals surface area contributed by atoms with Crippen molar-refractivity contribution in [2.75, 3.05) is 6.61 Å². The van der Waals surface area contributed by atoms with Gasteiger partial charge in [0, 0.05) is 0 Å². The second-order valence-corrected chi connectivity index (χ2v) is 11.0. The molecule has 1 heterocycles. The van der Waals surface area contributed by atoms with Crippen LogP contribution in [0.4, 0.5) is 0 Å². The summed E-state index contributed by atoms with van der Waals surface area (Å²) in [6.07, 6.45) is -2.73. The van der Waals surface area contributed by atoms with Crippen molar-refractivity contribution in [2.45, 2.75) is 77.1 Å². The monoisotopic (exact) mass is 582 g/mol. The number of benzene rings is 4. The van der Waals surface area contributed by atoms with E-state index in [1.165, 1.54) is 0 Å². The molecule has 0 aromatic heterocycles. The fourth-order valence-electron chi connectivity index (χ4n) is 5.12. The van der Waals surface area contributed by atoms with Gasteiger partial charge < -0.3 is 28.4 Å². The van der Waals surface area contributed by atoms with Crippen LogP contribution in [-0.4, -0.2) is 43.4 Å². The Morgan fingerprint density at radius 2 is 0.907 bits per heavy atom. The summed E-state index contributed by atoms with van der Waals surface area (Å²) in [5.74, 6) is 0. The van der Waals surface area contributed by atoms with Gasteiger partial charge in [0.25, 0.3) is 0 Å². The zero-order chi connectivity index (χ0) is 29.7. The molecule has 4 aromatic carbocycles. The van der Waals surface area contributed by atoms with Gasteiger partial charge in [-0.05, 0) is 36.1 Å². The molecule has 1 saturated heterocycles. The summed E-state index contributed by atoms with van der Waals surface area (Å²) in [7, 11) is 0. The lowest BCUT2D eigenvalue weighted by atomic mass is 9.97. The first-order valence-electron chi connectivity index (χ1n) is 15.0. The molecule has 4 aromatic rings. The minimum Gasteiger partial charge on any atom is -0.374 e. The Hall–Kier alpha value is -3.36. The molecule has 0 N–H and O–H groups in total. The highest BCUT2D eigenvalue weighted by molar-refractivity contribution is 5.16. The molecule has 6 heteroatoms. The number of rotatable bonds is 15. The highest BCUT2D eigenvalue weighted by Gasteiger charge is 2.49. The number of ether oxygens (including phenoxy) is 6. The van der Waals surface area contributed by atoms with Crippen molar-refractivity contribution in [3.63, 3.8) is 0 Å².